The number of carbonyl (C=O) groups is 2. The lowest BCUT2D eigenvalue weighted by atomic mass is 9.68. The van der Waals surface area contributed by atoms with Crippen molar-refractivity contribution in [2.75, 3.05) is 19.9 Å². The van der Waals surface area contributed by atoms with E-state index < -0.39 is 17.1 Å². The van der Waals surface area contributed by atoms with Gasteiger partial charge in [0.15, 0.2) is 11.5 Å². The van der Waals surface area contributed by atoms with E-state index in [9.17, 15) is 14.0 Å². The van der Waals surface area contributed by atoms with Crippen LogP contribution in [0.2, 0.25) is 0 Å². The quantitative estimate of drug-likeness (QED) is 0.863. The SMILES string of the molecule is CCNC(=O)C1(CNC(=O)c2c(F)ccc3c2OCO3)CCC1. The van der Waals surface area contributed by atoms with E-state index in [1.165, 1.54) is 12.1 Å². The zero-order valence-corrected chi connectivity index (χ0v) is 12.9. The molecule has 2 N–H and O–H groups in total. The van der Waals surface area contributed by atoms with Gasteiger partial charge in [0.1, 0.15) is 11.4 Å². The number of amides is 2. The molecule has 1 heterocycles. The molecule has 6 nitrogen and oxygen atoms in total. The van der Waals surface area contributed by atoms with Gasteiger partial charge in [-0.15, -0.1) is 0 Å². The molecule has 124 valence electrons. The largest absolute Gasteiger partial charge is 0.454 e. The zero-order chi connectivity index (χ0) is 16.4. The summed E-state index contributed by atoms with van der Waals surface area (Å²) in [6.07, 6.45) is 2.38. The summed E-state index contributed by atoms with van der Waals surface area (Å²) in [6, 6.07) is 2.60. The van der Waals surface area contributed by atoms with Crippen molar-refractivity contribution in [3.63, 3.8) is 0 Å². The van der Waals surface area contributed by atoms with Crippen LogP contribution in [0.25, 0.3) is 0 Å². The molecule has 0 saturated heterocycles. The molecule has 0 atom stereocenters. The van der Waals surface area contributed by atoms with E-state index in [-0.39, 0.29) is 30.6 Å². The Kier molecular flexibility index (Phi) is 4.11. The number of benzene rings is 1. The Labute approximate surface area is 133 Å². The Morgan fingerprint density at radius 2 is 2.04 bits per heavy atom. The van der Waals surface area contributed by atoms with E-state index >= 15 is 0 Å². The highest BCUT2D eigenvalue weighted by Gasteiger charge is 2.44. The summed E-state index contributed by atoms with van der Waals surface area (Å²) in [4.78, 5) is 24.5. The van der Waals surface area contributed by atoms with Gasteiger partial charge in [-0.2, -0.15) is 0 Å². The first-order valence-electron chi connectivity index (χ1n) is 7.72. The average Bonchev–Trinajstić information content (AvgIpc) is 2.94. The van der Waals surface area contributed by atoms with Crippen LogP contribution in [-0.4, -0.2) is 31.7 Å². The Hall–Kier alpha value is -2.31. The summed E-state index contributed by atoms with van der Waals surface area (Å²) < 4.78 is 24.4. The highest BCUT2D eigenvalue weighted by atomic mass is 19.1. The van der Waals surface area contributed by atoms with Crippen molar-refractivity contribution in [3.8, 4) is 11.5 Å². The van der Waals surface area contributed by atoms with Crippen molar-refractivity contribution >= 4 is 11.8 Å². The maximum atomic E-state index is 14.0. The van der Waals surface area contributed by atoms with Crippen LogP contribution in [-0.2, 0) is 4.79 Å². The van der Waals surface area contributed by atoms with Crippen LogP contribution >= 0.6 is 0 Å². The molecule has 23 heavy (non-hydrogen) atoms. The third-order valence-electron chi connectivity index (χ3n) is 4.43. The number of hydrogen-bond acceptors (Lipinski definition) is 4. The number of fused-ring (bicyclic) bond motifs is 1. The van der Waals surface area contributed by atoms with Crippen LogP contribution in [0.1, 0.15) is 36.5 Å². The van der Waals surface area contributed by atoms with Crippen LogP contribution in [0.4, 0.5) is 4.39 Å². The molecule has 1 aromatic carbocycles. The van der Waals surface area contributed by atoms with Crippen molar-refractivity contribution in [2.24, 2.45) is 5.41 Å². The topological polar surface area (TPSA) is 76.7 Å². The lowest BCUT2D eigenvalue weighted by Crippen LogP contribution is -2.52. The Bertz CT molecular complexity index is 643. The van der Waals surface area contributed by atoms with Crippen LogP contribution in [0.5, 0.6) is 11.5 Å². The summed E-state index contributed by atoms with van der Waals surface area (Å²) in [5, 5.41) is 5.47. The first kappa shape index (κ1) is 15.6. The van der Waals surface area contributed by atoms with Gasteiger partial charge in [0, 0.05) is 13.1 Å². The average molecular weight is 322 g/mol. The van der Waals surface area contributed by atoms with Crippen molar-refractivity contribution in [1.82, 2.24) is 10.6 Å². The minimum atomic E-state index is -0.674. The third kappa shape index (κ3) is 2.71. The maximum absolute atomic E-state index is 14.0. The molecule has 1 fully saturated rings. The molecule has 0 aromatic heterocycles. The minimum absolute atomic E-state index is 0.0398. The van der Waals surface area contributed by atoms with Gasteiger partial charge in [0.2, 0.25) is 12.7 Å². The van der Waals surface area contributed by atoms with Crippen LogP contribution in [0.15, 0.2) is 12.1 Å². The Morgan fingerprint density at radius 1 is 1.26 bits per heavy atom. The molecule has 0 unspecified atom stereocenters. The predicted octanol–water partition coefficient (Wildman–Crippen LogP) is 1.59. The highest BCUT2D eigenvalue weighted by molar-refractivity contribution is 5.98. The third-order valence-corrected chi connectivity index (χ3v) is 4.43. The Balaban J connectivity index is 1.73. The normalized spacial score (nSPS) is 17.3. The number of hydrogen-bond donors (Lipinski definition) is 2. The number of ether oxygens (including phenoxy) is 2. The molecule has 0 spiro atoms. The lowest BCUT2D eigenvalue weighted by Gasteiger charge is -2.40. The highest BCUT2D eigenvalue weighted by Crippen LogP contribution is 2.41. The van der Waals surface area contributed by atoms with E-state index in [1.807, 2.05) is 6.92 Å². The van der Waals surface area contributed by atoms with Crippen molar-refractivity contribution in [3.05, 3.63) is 23.5 Å². The fourth-order valence-corrected chi connectivity index (χ4v) is 2.93. The Morgan fingerprint density at radius 3 is 2.70 bits per heavy atom. The second-order valence-corrected chi connectivity index (χ2v) is 5.83. The van der Waals surface area contributed by atoms with E-state index in [0.29, 0.717) is 25.1 Å². The molecule has 0 bridgehead atoms. The number of rotatable bonds is 5. The summed E-state index contributed by atoms with van der Waals surface area (Å²) >= 11 is 0. The van der Waals surface area contributed by atoms with Gasteiger partial charge < -0.3 is 20.1 Å². The first-order valence-corrected chi connectivity index (χ1v) is 7.72. The molecular weight excluding hydrogens is 303 g/mol. The number of carbonyl (C=O) groups excluding carboxylic acids is 2. The van der Waals surface area contributed by atoms with E-state index in [4.69, 9.17) is 9.47 Å². The van der Waals surface area contributed by atoms with Crippen molar-refractivity contribution < 1.29 is 23.5 Å². The standard InChI is InChI=1S/C16H19FN2O4/c1-2-18-15(21)16(6-3-7-16)8-19-14(20)12-10(17)4-5-11-13(12)23-9-22-11/h4-5H,2-3,6-9H2,1H3,(H,18,21)(H,19,20). The van der Waals surface area contributed by atoms with Crippen molar-refractivity contribution in [1.29, 1.82) is 0 Å². The number of halogens is 1. The van der Waals surface area contributed by atoms with E-state index in [0.717, 1.165) is 6.42 Å². The molecule has 3 rings (SSSR count). The molecule has 0 radical (unpaired) electrons. The van der Waals surface area contributed by atoms with Gasteiger partial charge in [-0.1, -0.05) is 6.42 Å². The van der Waals surface area contributed by atoms with Crippen molar-refractivity contribution in [2.45, 2.75) is 26.2 Å². The second kappa shape index (κ2) is 6.06. The molecule has 1 aromatic rings. The van der Waals surface area contributed by atoms with Gasteiger partial charge in [-0.25, -0.2) is 4.39 Å². The first-order chi connectivity index (χ1) is 11.1. The molecular formula is C16H19FN2O4. The lowest BCUT2D eigenvalue weighted by molar-refractivity contribution is -0.135. The zero-order valence-electron chi connectivity index (χ0n) is 12.9. The summed E-state index contributed by atoms with van der Waals surface area (Å²) in [7, 11) is 0. The summed E-state index contributed by atoms with van der Waals surface area (Å²) in [5.74, 6) is -0.875. The van der Waals surface area contributed by atoms with Gasteiger partial charge in [-0.05, 0) is 31.9 Å². The van der Waals surface area contributed by atoms with Crippen LogP contribution in [0, 0.1) is 11.2 Å². The van der Waals surface area contributed by atoms with Gasteiger partial charge in [0.05, 0.1) is 5.41 Å². The van der Waals surface area contributed by atoms with Gasteiger partial charge in [-0.3, -0.25) is 9.59 Å². The molecule has 1 aliphatic heterocycles. The fraction of sp³-hybridized carbons (Fsp3) is 0.500. The van der Waals surface area contributed by atoms with E-state index in [1.54, 1.807) is 0 Å². The molecule has 1 saturated carbocycles. The predicted molar refractivity (Wildman–Crippen MR) is 79.8 cm³/mol. The monoisotopic (exact) mass is 322 g/mol. The second-order valence-electron chi connectivity index (χ2n) is 5.83. The maximum Gasteiger partial charge on any atom is 0.258 e. The molecule has 2 amide bonds. The molecule has 1 aliphatic carbocycles. The van der Waals surface area contributed by atoms with Gasteiger partial charge >= 0.3 is 0 Å². The smallest absolute Gasteiger partial charge is 0.258 e. The van der Waals surface area contributed by atoms with Crippen LogP contribution < -0.4 is 20.1 Å². The minimum Gasteiger partial charge on any atom is -0.454 e. The molecule has 2 aliphatic rings. The van der Waals surface area contributed by atoms with Crippen LogP contribution in [0.3, 0.4) is 0 Å². The number of nitrogens with one attached hydrogen (secondary N) is 2. The summed E-state index contributed by atoms with van der Waals surface area (Å²) in [5.41, 5.74) is -0.761. The van der Waals surface area contributed by atoms with E-state index in [2.05, 4.69) is 10.6 Å². The fourth-order valence-electron chi connectivity index (χ4n) is 2.93. The molecule has 7 heteroatoms. The van der Waals surface area contributed by atoms with Gasteiger partial charge in [0.25, 0.3) is 5.91 Å². The summed E-state index contributed by atoms with van der Waals surface area (Å²) in [6.45, 7) is 2.53.